The molecule has 2 rings (SSSR count). The summed E-state index contributed by atoms with van der Waals surface area (Å²) < 4.78 is 0. The number of imide groups is 1. The van der Waals surface area contributed by atoms with Gasteiger partial charge in [0.1, 0.15) is 0 Å². The number of nitrogens with two attached hydrogens (primary N) is 1. The van der Waals surface area contributed by atoms with E-state index in [-0.39, 0.29) is 24.0 Å². The van der Waals surface area contributed by atoms with Gasteiger partial charge in [0.05, 0.1) is 0 Å². The number of hydrogen-bond donors (Lipinski definition) is 2. The van der Waals surface area contributed by atoms with Gasteiger partial charge in [-0.15, -0.1) is 0 Å². The predicted molar refractivity (Wildman–Crippen MR) is 79.6 cm³/mol. The summed E-state index contributed by atoms with van der Waals surface area (Å²) in [5.74, 6) is -1.64. The van der Waals surface area contributed by atoms with E-state index in [4.69, 9.17) is 5.73 Å². The van der Waals surface area contributed by atoms with Crippen molar-refractivity contribution in [1.29, 1.82) is 0 Å². The fourth-order valence-corrected chi connectivity index (χ4v) is 2.85. The highest BCUT2D eigenvalue weighted by molar-refractivity contribution is 6.05. The van der Waals surface area contributed by atoms with E-state index >= 15 is 0 Å². The second-order valence-electron chi connectivity index (χ2n) is 5.44. The third kappa shape index (κ3) is 2.96. The van der Waals surface area contributed by atoms with Gasteiger partial charge in [0.25, 0.3) is 0 Å². The molecule has 1 aromatic carbocycles. The topological polar surface area (TPSA) is 89.3 Å². The van der Waals surface area contributed by atoms with E-state index in [0.29, 0.717) is 24.1 Å². The number of Topliss-reactive ketones (excluding diaryl/α,β-unsaturated/α-hetero) is 1. The molecule has 0 bridgehead atoms. The molecule has 3 N–H and O–H groups in total. The first kappa shape index (κ1) is 15.2. The van der Waals surface area contributed by atoms with E-state index in [1.54, 1.807) is 25.1 Å². The normalized spacial score (nSPS) is 20.0. The van der Waals surface area contributed by atoms with Crippen molar-refractivity contribution in [2.45, 2.75) is 33.1 Å². The van der Waals surface area contributed by atoms with E-state index < -0.39 is 11.8 Å². The number of nitrogen functional groups attached to an aromatic ring is 1. The summed E-state index contributed by atoms with van der Waals surface area (Å²) in [6, 6.07) is 5.27. The molecule has 1 saturated heterocycles. The minimum absolute atomic E-state index is 0.0892. The molecule has 0 spiro atoms. The van der Waals surface area contributed by atoms with Gasteiger partial charge < -0.3 is 5.73 Å². The van der Waals surface area contributed by atoms with Crippen LogP contribution < -0.4 is 11.1 Å². The Bertz CT molecular complexity index is 595. The predicted octanol–water partition coefficient (Wildman–Crippen LogP) is 1.70. The van der Waals surface area contributed by atoms with Crippen molar-refractivity contribution in [1.82, 2.24) is 5.32 Å². The molecule has 1 heterocycles. The Hall–Kier alpha value is -2.17. The van der Waals surface area contributed by atoms with Crippen molar-refractivity contribution in [3.8, 4) is 0 Å². The van der Waals surface area contributed by atoms with Gasteiger partial charge in [-0.2, -0.15) is 0 Å². The highest BCUT2D eigenvalue weighted by Crippen LogP contribution is 2.27. The smallest absolute Gasteiger partial charge is 0.230 e. The first-order valence-electron chi connectivity index (χ1n) is 7.21. The van der Waals surface area contributed by atoms with Crippen LogP contribution in [0, 0.1) is 11.8 Å². The molecule has 5 nitrogen and oxygen atoms in total. The summed E-state index contributed by atoms with van der Waals surface area (Å²) in [5, 5.41) is 2.30. The molecule has 1 aromatic rings. The molecule has 112 valence electrons. The standard InChI is InChI=1S/C16H20N2O3/c1-3-10-12(5-4-6-13(10)17)15(20)9(2)11-7-8-14(19)18-16(11)21/h4-6,9,11H,3,7-8,17H2,1-2H3,(H,18,19,21). The molecule has 1 aliphatic heterocycles. The molecule has 0 radical (unpaired) electrons. The van der Waals surface area contributed by atoms with Crippen LogP contribution in [0.3, 0.4) is 0 Å². The monoisotopic (exact) mass is 288 g/mol. The van der Waals surface area contributed by atoms with Crippen LogP contribution in [-0.2, 0) is 16.0 Å². The van der Waals surface area contributed by atoms with Crippen molar-refractivity contribution < 1.29 is 14.4 Å². The fraction of sp³-hybridized carbons (Fsp3) is 0.438. The van der Waals surface area contributed by atoms with Gasteiger partial charge in [-0.3, -0.25) is 19.7 Å². The molecule has 0 aromatic heterocycles. The van der Waals surface area contributed by atoms with Crippen molar-refractivity contribution in [3.05, 3.63) is 29.3 Å². The van der Waals surface area contributed by atoms with Crippen LogP contribution in [0.15, 0.2) is 18.2 Å². The zero-order chi connectivity index (χ0) is 15.6. The molecule has 0 saturated carbocycles. The Balaban J connectivity index is 2.26. The lowest BCUT2D eigenvalue weighted by Crippen LogP contribution is -2.44. The number of anilines is 1. The fourth-order valence-electron chi connectivity index (χ4n) is 2.85. The lowest BCUT2D eigenvalue weighted by atomic mass is 9.80. The lowest BCUT2D eigenvalue weighted by Gasteiger charge is -2.26. The quantitative estimate of drug-likeness (QED) is 0.501. The second kappa shape index (κ2) is 6.08. The molecule has 21 heavy (non-hydrogen) atoms. The number of amides is 2. The third-order valence-corrected chi connectivity index (χ3v) is 4.13. The maximum absolute atomic E-state index is 12.7. The average molecular weight is 288 g/mol. The maximum Gasteiger partial charge on any atom is 0.230 e. The largest absolute Gasteiger partial charge is 0.398 e. The van der Waals surface area contributed by atoms with Gasteiger partial charge in [-0.05, 0) is 24.5 Å². The van der Waals surface area contributed by atoms with E-state index in [9.17, 15) is 14.4 Å². The van der Waals surface area contributed by atoms with Crippen LogP contribution in [0.2, 0.25) is 0 Å². The number of carbonyl (C=O) groups is 3. The zero-order valence-electron chi connectivity index (χ0n) is 12.3. The summed E-state index contributed by atoms with van der Waals surface area (Å²) in [5.41, 5.74) is 7.91. The summed E-state index contributed by atoms with van der Waals surface area (Å²) in [7, 11) is 0. The highest BCUT2D eigenvalue weighted by Gasteiger charge is 2.35. The van der Waals surface area contributed by atoms with Gasteiger partial charge in [-0.1, -0.05) is 26.0 Å². The van der Waals surface area contributed by atoms with E-state index in [1.165, 1.54) is 0 Å². The number of benzene rings is 1. The summed E-state index contributed by atoms with van der Waals surface area (Å²) in [4.78, 5) is 35.8. The van der Waals surface area contributed by atoms with Crippen molar-refractivity contribution in [3.63, 3.8) is 0 Å². The Morgan fingerprint density at radius 1 is 1.43 bits per heavy atom. The first-order valence-corrected chi connectivity index (χ1v) is 7.21. The molecule has 5 heteroatoms. The van der Waals surface area contributed by atoms with Gasteiger partial charge in [0, 0.05) is 29.5 Å². The van der Waals surface area contributed by atoms with Crippen molar-refractivity contribution >= 4 is 23.3 Å². The van der Waals surface area contributed by atoms with Crippen molar-refractivity contribution in [2.24, 2.45) is 11.8 Å². The van der Waals surface area contributed by atoms with E-state index in [2.05, 4.69) is 5.32 Å². The number of carbonyl (C=O) groups excluding carboxylic acids is 3. The Labute approximate surface area is 123 Å². The molecule has 2 atom stereocenters. The number of ketones is 1. The minimum atomic E-state index is -0.467. The molecule has 0 aliphatic carbocycles. The summed E-state index contributed by atoms with van der Waals surface area (Å²) >= 11 is 0. The molecule has 1 fully saturated rings. The van der Waals surface area contributed by atoms with E-state index in [0.717, 1.165) is 5.56 Å². The first-order chi connectivity index (χ1) is 9.95. The Kier molecular flexibility index (Phi) is 4.40. The Morgan fingerprint density at radius 3 is 2.76 bits per heavy atom. The second-order valence-corrected chi connectivity index (χ2v) is 5.44. The summed E-state index contributed by atoms with van der Waals surface area (Å²) in [6.45, 7) is 3.68. The van der Waals surface area contributed by atoms with E-state index in [1.807, 2.05) is 6.92 Å². The minimum Gasteiger partial charge on any atom is -0.398 e. The van der Waals surface area contributed by atoms with Gasteiger partial charge in [0.2, 0.25) is 11.8 Å². The maximum atomic E-state index is 12.7. The van der Waals surface area contributed by atoms with Gasteiger partial charge >= 0.3 is 0 Å². The number of rotatable bonds is 4. The highest BCUT2D eigenvalue weighted by atomic mass is 16.2. The number of nitrogens with one attached hydrogen (secondary N) is 1. The van der Waals surface area contributed by atoms with Gasteiger partial charge in [0.15, 0.2) is 5.78 Å². The van der Waals surface area contributed by atoms with Crippen LogP contribution in [-0.4, -0.2) is 17.6 Å². The average Bonchev–Trinajstić information content (AvgIpc) is 2.45. The van der Waals surface area contributed by atoms with Gasteiger partial charge in [-0.25, -0.2) is 0 Å². The summed E-state index contributed by atoms with van der Waals surface area (Å²) in [6.07, 6.45) is 1.36. The molecular formula is C16H20N2O3. The lowest BCUT2D eigenvalue weighted by molar-refractivity contribution is -0.137. The molecule has 1 aliphatic rings. The van der Waals surface area contributed by atoms with Crippen LogP contribution in [0.4, 0.5) is 5.69 Å². The third-order valence-electron chi connectivity index (χ3n) is 4.13. The van der Waals surface area contributed by atoms with Crippen LogP contribution in [0.1, 0.15) is 42.6 Å². The number of hydrogen-bond acceptors (Lipinski definition) is 4. The molecule has 2 amide bonds. The molecule has 2 unspecified atom stereocenters. The van der Waals surface area contributed by atoms with Crippen LogP contribution in [0.5, 0.6) is 0 Å². The van der Waals surface area contributed by atoms with Crippen LogP contribution >= 0.6 is 0 Å². The zero-order valence-corrected chi connectivity index (χ0v) is 12.3. The molecular weight excluding hydrogens is 268 g/mol. The number of piperidine rings is 1. The Morgan fingerprint density at radius 2 is 2.14 bits per heavy atom. The van der Waals surface area contributed by atoms with Crippen molar-refractivity contribution in [2.75, 3.05) is 5.73 Å². The SMILES string of the molecule is CCc1c(N)cccc1C(=O)C(C)C1CCC(=O)NC1=O. The van der Waals surface area contributed by atoms with Crippen LogP contribution in [0.25, 0.3) is 0 Å².